The van der Waals surface area contributed by atoms with Crippen LogP contribution in [0.4, 0.5) is 0 Å². The fraction of sp³-hybridized carbons (Fsp3) is 0.789. The summed E-state index contributed by atoms with van der Waals surface area (Å²) in [7, 11) is 0. The number of nitrogens with zero attached hydrogens (tertiary/aromatic N) is 4. The number of carbonyl (C=O) groups excluding carboxylic acids is 1. The van der Waals surface area contributed by atoms with E-state index in [9.17, 15) is 4.79 Å². The average Bonchev–Trinajstić information content (AvgIpc) is 3.30. The third-order valence-electron chi connectivity index (χ3n) is 5.92. The molecule has 2 saturated heterocycles. The van der Waals surface area contributed by atoms with Gasteiger partial charge < -0.3 is 14.7 Å². The molecule has 6 heteroatoms. The van der Waals surface area contributed by atoms with Crippen molar-refractivity contribution in [2.75, 3.05) is 39.3 Å². The normalized spacial score (nSPS) is 27.3. The standard InChI is InChI=1S/C19H30N4OS/c24-18(14-17-15-25-19-20-8-5-12-23(17)19)22-11-2-1-6-16(22)7-13-21-9-3-4-10-21/h15-16H,1-14H2/t16-/m0/s1. The molecule has 0 bridgehead atoms. The second-order valence-corrected chi connectivity index (χ2v) is 8.48. The SMILES string of the molecule is O=C(CC1=CSC2=NCCCN12)N1CCCC[C@H]1CCN1CCCC1. The zero-order valence-corrected chi connectivity index (χ0v) is 16.0. The van der Waals surface area contributed by atoms with Gasteiger partial charge in [0.2, 0.25) is 5.91 Å². The minimum absolute atomic E-state index is 0.324. The molecule has 0 unspecified atom stereocenters. The summed E-state index contributed by atoms with van der Waals surface area (Å²) in [6, 6.07) is 0.450. The number of fused-ring (bicyclic) bond motifs is 1. The van der Waals surface area contributed by atoms with Crippen molar-refractivity contribution >= 4 is 22.8 Å². The first kappa shape index (κ1) is 17.4. The summed E-state index contributed by atoms with van der Waals surface area (Å²) in [5.41, 5.74) is 1.16. The first-order valence-corrected chi connectivity index (χ1v) is 10.9. The number of aliphatic imine (C=N–C) groups is 1. The molecule has 4 aliphatic rings. The van der Waals surface area contributed by atoms with Crippen LogP contribution in [0.3, 0.4) is 0 Å². The number of carbonyl (C=O) groups is 1. The molecule has 25 heavy (non-hydrogen) atoms. The van der Waals surface area contributed by atoms with Gasteiger partial charge in [-0.3, -0.25) is 9.79 Å². The highest BCUT2D eigenvalue weighted by Gasteiger charge is 2.31. The maximum atomic E-state index is 13.0. The van der Waals surface area contributed by atoms with E-state index < -0.39 is 0 Å². The van der Waals surface area contributed by atoms with E-state index in [2.05, 4.69) is 25.1 Å². The molecule has 2 fully saturated rings. The molecule has 0 aromatic heterocycles. The Morgan fingerprint density at radius 2 is 1.96 bits per heavy atom. The van der Waals surface area contributed by atoms with Gasteiger partial charge in [0.05, 0.1) is 6.42 Å². The van der Waals surface area contributed by atoms with Crippen molar-refractivity contribution in [2.24, 2.45) is 4.99 Å². The van der Waals surface area contributed by atoms with Gasteiger partial charge in [-0.2, -0.15) is 0 Å². The summed E-state index contributed by atoms with van der Waals surface area (Å²) >= 11 is 1.69. The third-order valence-corrected chi connectivity index (χ3v) is 6.87. The Labute approximate surface area is 155 Å². The summed E-state index contributed by atoms with van der Waals surface area (Å²) in [6.45, 7) is 6.56. The number of piperidine rings is 1. The predicted molar refractivity (Wildman–Crippen MR) is 104 cm³/mol. The smallest absolute Gasteiger partial charge is 0.228 e. The Morgan fingerprint density at radius 3 is 2.84 bits per heavy atom. The predicted octanol–water partition coefficient (Wildman–Crippen LogP) is 2.89. The number of amidine groups is 1. The van der Waals surface area contributed by atoms with Crippen molar-refractivity contribution in [1.29, 1.82) is 0 Å². The van der Waals surface area contributed by atoms with Crippen LogP contribution in [0.15, 0.2) is 16.1 Å². The molecule has 1 amide bonds. The van der Waals surface area contributed by atoms with Crippen molar-refractivity contribution in [3.8, 4) is 0 Å². The van der Waals surface area contributed by atoms with Crippen LogP contribution in [0.1, 0.15) is 51.4 Å². The first-order valence-electron chi connectivity index (χ1n) is 10.0. The van der Waals surface area contributed by atoms with Crippen molar-refractivity contribution < 1.29 is 4.79 Å². The Hall–Kier alpha value is -1.01. The fourth-order valence-electron chi connectivity index (χ4n) is 4.50. The molecule has 1 atom stereocenters. The van der Waals surface area contributed by atoms with Crippen LogP contribution in [0.25, 0.3) is 0 Å². The number of hydrogen-bond acceptors (Lipinski definition) is 5. The molecule has 138 valence electrons. The van der Waals surface area contributed by atoms with Gasteiger partial charge in [-0.15, -0.1) is 0 Å². The Balaban J connectivity index is 1.34. The summed E-state index contributed by atoms with van der Waals surface area (Å²) in [5.74, 6) is 0.324. The summed E-state index contributed by atoms with van der Waals surface area (Å²) in [6.07, 6.45) is 9.10. The van der Waals surface area contributed by atoms with Gasteiger partial charge in [-0.1, -0.05) is 11.8 Å². The maximum absolute atomic E-state index is 13.0. The molecule has 0 aromatic rings. The van der Waals surface area contributed by atoms with Crippen molar-refractivity contribution in [2.45, 2.75) is 57.4 Å². The van der Waals surface area contributed by atoms with Crippen LogP contribution < -0.4 is 0 Å². The van der Waals surface area contributed by atoms with Crippen LogP contribution >= 0.6 is 11.8 Å². The van der Waals surface area contributed by atoms with E-state index in [0.29, 0.717) is 18.4 Å². The van der Waals surface area contributed by atoms with Crippen LogP contribution in [-0.2, 0) is 4.79 Å². The van der Waals surface area contributed by atoms with Gasteiger partial charge in [0.1, 0.15) is 0 Å². The number of likely N-dealkylation sites (tertiary alicyclic amines) is 2. The molecule has 0 aliphatic carbocycles. The lowest BCUT2D eigenvalue weighted by atomic mass is 9.98. The van der Waals surface area contributed by atoms with Gasteiger partial charge in [0.25, 0.3) is 0 Å². The van der Waals surface area contributed by atoms with Gasteiger partial charge >= 0.3 is 0 Å². The van der Waals surface area contributed by atoms with E-state index >= 15 is 0 Å². The molecule has 0 saturated carbocycles. The first-order chi connectivity index (χ1) is 12.3. The van der Waals surface area contributed by atoms with E-state index in [0.717, 1.165) is 56.3 Å². The Morgan fingerprint density at radius 1 is 1.12 bits per heavy atom. The number of rotatable bonds is 5. The molecular formula is C19H30N4OS. The molecule has 0 aromatic carbocycles. The zero-order chi connectivity index (χ0) is 17.1. The Bertz CT molecular complexity index is 556. The molecule has 4 rings (SSSR count). The lowest BCUT2D eigenvalue weighted by Gasteiger charge is -2.37. The van der Waals surface area contributed by atoms with E-state index in [4.69, 9.17) is 0 Å². The topological polar surface area (TPSA) is 39.2 Å². The van der Waals surface area contributed by atoms with E-state index in [1.165, 1.54) is 38.8 Å². The van der Waals surface area contributed by atoms with E-state index in [-0.39, 0.29) is 0 Å². The molecule has 4 aliphatic heterocycles. The monoisotopic (exact) mass is 362 g/mol. The van der Waals surface area contributed by atoms with Crippen molar-refractivity contribution in [3.05, 3.63) is 11.1 Å². The fourth-order valence-corrected chi connectivity index (χ4v) is 5.45. The number of amides is 1. The highest BCUT2D eigenvalue weighted by atomic mass is 32.2. The van der Waals surface area contributed by atoms with Gasteiger partial charge in [-0.25, -0.2) is 0 Å². The molecule has 0 spiro atoms. The van der Waals surface area contributed by atoms with Crippen molar-refractivity contribution in [3.63, 3.8) is 0 Å². The second kappa shape index (κ2) is 8.12. The number of hydrogen-bond donors (Lipinski definition) is 0. The summed E-state index contributed by atoms with van der Waals surface area (Å²) < 4.78 is 0. The van der Waals surface area contributed by atoms with Gasteiger partial charge in [-0.05, 0) is 63.4 Å². The zero-order valence-electron chi connectivity index (χ0n) is 15.2. The van der Waals surface area contributed by atoms with Gasteiger partial charge in [0, 0.05) is 37.9 Å². The lowest BCUT2D eigenvalue weighted by molar-refractivity contribution is -0.134. The molecule has 4 heterocycles. The summed E-state index contributed by atoms with van der Waals surface area (Å²) in [5, 5.41) is 3.24. The minimum atomic E-state index is 0.324. The largest absolute Gasteiger partial charge is 0.339 e. The molecule has 0 N–H and O–H groups in total. The van der Waals surface area contributed by atoms with Crippen LogP contribution in [0.5, 0.6) is 0 Å². The second-order valence-electron chi connectivity index (χ2n) is 7.65. The summed E-state index contributed by atoms with van der Waals surface area (Å²) in [4.78, 5) is 24.6. The van der Waals surface area contributed by atoms with E-state index in [1.807, 2.05) is 0 Å². The van der Waals surface area contributed by atoms with Crippen molar-refractivity contribution in [1.82, 2.24) is 14.7 Å². The average molecular weight is 363 g/mol. The Kier molecular flexibility index (Phi) is 5.66. The van der Waals surface area contributed by atoms with E-state index in [1.54, 1.807) is 11.8 Å². The van der Waals surface area contributed by atoms with Crippen LogP contribution in [-0.4, -0.2) is 71.1 Å². The highest BCUT2D eigenvalue weighted by molar-refractivity contribution is 8.16. The molecule has 0 radical (unpaired) electrons. The quantitative estimate of drug-likeness (QED) is 0.754. The van der Waals surface area contributed by atoms with Crippen LogP contribution in [0.2, 0.25) is 0 Å². The molecular weight excluding hydrogens is 332 g/mol. The van der Waals surface area contributed by atoms with Crippen LogP contribution in [0, 0.1) is 0 Å². The van der Waals surface area contributed by atoms with Gasteiger partial charge in [0.15, 0.2) is 5.17 Å². The molecule has 5 nitrogen and oxygen atoms in total. The minimum Gasteiger partial charge on any atom is -0.339 e. The third kappa shape index (κ3) is 4.05. The highest BCUT2D eigenvalue weighted by Crippen LogP contribution is 2.32. The number of thioether (sulfide) groups is 1. The lowest BCUT2D eigenvalue weighted by Crippen LogP contribution is -2.45. The maximum Gasteiger partial charge on any atom is 0.228 e.